The number of likely N-dealkylation sites (N-methyl/N-ethyl adjacent to an activating group) is 1. The van der Waals surface area contributed by atoms with Crippen molar-refractivity contribution in [2.45, 2.75) is 6.54 Å². The molecule has 0 radical (unpaired) electrons. The van der Waals surface area contributed by atoms with E-state index < -0.39 is 0 Å². The summed E-state index contributed by atoms with van der Waals surface area (Å²) >= 11 is 6.01. The summed E-state index contributed by atoms with van der Waals surface area (Å²) in [5, 5.41) is 3.17. The van der Waals surface area contributed by atoms with Gasteiger partial charge in [0.05, 0.1) is 29.9 Å². The number of rotatable bonds is 8. The highest BCUT2D eigenvalue weighted by Gasteiger charge is 2.15. The summed E-state index contributed by atoms with van der Waals surface area (Å²) in [6.45, 7) is 1.76. The Labute approximate surface area is 158 Å². The molecule has 142 valence electrons. The number of hydrogen-bond donors (Lipinski definition) is 2. The van der Waals surface area contributed by atoms with E-state index in [1.54, 1.807) is 6.07 Å². The van der Waals surface area contributed by atoms with Gasteiger partial charge in [0.2, 0.25) is 0 Å². The lowest BCUT2D eigenvalue weighted by atomic mass is 10.1. The van der Waals surface area contributed by atoms with E-state index in [1.165, 1.54) is 13.2 Å². The number of anilines is 2. The maximum absolute atomic E-state index is 12.4. The van der Waals surface area contributed by atoms with Crippen LogP contribution in [0, 0.1) is 0 Å². The number of nitrogen functional groups attached to an aromatic ring is 1. The molecule has 0 bridgehead atoms. The van der Waals surface area contributed by atoms with Crippen molar-refractivity contribution in [3.8, 4) is 5.75 Å². The number of furan rings is 1. The summed E-state index contributed by atoms with van der Waals surface area (Å²) in [6.07, 6.45) is 0. The molecule has 0 saturated heterocycles. The van der Waals surface area contributed by atoms with Crippen molar-refractivity contribution in [2.24, 2.45) is 0 Å². The average Bonchev–Trinajstić information content (AvgIpc) is 3.04. The molecule has 3 N–H and O–H groups in total. The zero-order valence-corrected chi connectivity index (χ0v) is 16.3. The number of methoxy groups -OCH3 is 1. The van der Waals surface area contributed by atoms with E-state index in [1.807, 2.05) is 43.1 Å². The van der Waals surface area contributed by atoms with Gasteiger partial charge in [-0.25, -0.2) is 0 Å². The molecule has 8 heteroatoms. The molecule has 1 aromatic carbocycles. The first-order valence-corrected chi connectivity index (χ1v) is 8.55. The molecule has 2 rings (SSSR count). The van der Waals surface area contributed by atoms with Gasteiger partial charge in [0.25, 0.3) is 5.91 Å². The zero-order valence-electron chi connectivity index (χ0n) is 15.5. The fourth-order valence-electron chi connectivity index (χ4n) is 2.43. The number of ether oxygens (including phenoxy) is 1. The van der Waals surface area contributed by atoms with Crippen molar-refractivity contribution < 1.29 is 13.9 Å². The number of carbonyl (C=O) groups is 1. The number of benzene rings is 1. The van der Waals surface area contributed by atoms with Crippen LogP contribution in [0.5, 0.6) is 5.75 Å². The van der Waals surface area contributed by atoms with Crippen LogP contribution < -0.4 is 20.7 Å². The quantitative estimate of drug-likeness (QED) is 0.684. The fraction of sp³-hybridized carbons (Fsp3) is 0.389. The van der Waals surface area contributed by atoms with E-state index >= 15 is 0 Å². The van der Waals surface area contributed by atoms with E-state index in [4.69, 9.17) is 26.5 Å². The molecule has 7 nitrogen and oxygen atoms in total. The van der Waals surface area contributed by atoms with E-state index in [2.05, 4.69) is 5.32 Å². The maximum atomic E-state index is 12.4. The van der Waals surface area contributed by atoms with E-state index in [9.17, 15) is 4.79 Å². The summed E-state index contributed by atoms with van der Waals surface area (Å²) in [5.74, 6) is 1.76. The minimum atomic E-state index is -0.273. The highest BCUT2D eigenvalue weighted by molar-refractivity contribution is 6.33. The second-order valence-electron chi connectivity index (χ2n) is 6.23. The first-order chi connectivity index (χ1) is 12.3. The number of nitrogens with one attached hydrogen (secondary N) is 1. The van der Waals surface area contributed by atoms with Crippen LogP contribution in [0.4, 0.5) is 11.6 Å². The predicted molar refractivity (Wildman–Crippen MR) is 104 cm³/mol. The van der Waals surface area contributed by atoms with Crippen LogP contribution in [-0.4, -0.2) is 52.1 Å². The number of halogens is 1. The maximum Gasteiger partial charge on any atom is 0.255 e. The van der Waals surface area contributed by atoms with Gasteiger partial charge in [-0.05, 0) is 26.2 Å². The van der Waals surface area contributed by atoms with Crippen molar-refractivity contribution in [2.75, 3.05) is 52.0 Å². The Hall–Kier alpha value is -2.38. The number of hydrogen-bond acceptors (Lipinski definition) is 6. The number of amides is 1. The highest BCUT2D eigenvalue weighted by Crippen LogP contribution is 2.28. The first-order valence-electron chi connectivity index (χ1n) is 8.17. The van der Waals surface area contributed by atoms with Gasteiger partial charge in [-0.3, -0.25) is 4.79 Å². The SMILES string of the molecule is COc1cc(N)c(Cl)cc1C(=O)NCCN(C)c1ccc(CN(C)C)o1. The number of nitrogens with zero attached hydrogens (tertiary/aromatic N) is 2. The van der Waals surface area contributed by atoms with Crippen molar-refractivity contribution in [3.05, 3.63) is 40.6 Å². The number of carbonyl (C=O) groups excluding carboxylic acids is 1. The summed E-state index contributed by atoms with van der Waals surface area (Å²) in [5.41, 5.74) is 6.45. The lowest BCUT2D eigenvalue weighted by molar-refractivity contribution is 0.0951. The third-order valence-corrected chi connectivity index (χ3v) is 4.12. The third kappa shape index (κ3) is 5.06. The fourth-order valence-corrected chi connectivity index (χ4v) is 2.59. The molecule has 0 aliphatic carbocycles. The largest absolute Gasteiger partial charge is 0.496 e. The molecule has 1 aromatic heterocycles. The van der Waals surface area contributed by atoms with Crippen molar-refractivity contribution in [3.63, 3.8) is 0 Å². The van der Waals surface area contributed by atoms with Gasteiger partial charge in [-0.15, -0.1) is 0 Å². The van der Waals surface area contributed by atoms with Gasteiger partial charge in [0.1, 0.15) is 11.5 Å². The Morgan fingerprint density at radius 2 is 2.04 bits per heavy atom. The monoisotopic (exact) mass is 380 g/mol. The third-order valence-electron chi connectivity index (χ3n) is 3.79. The van der Waals surface area contributed by atoms with Crippen molar-refractivity contribution in [1.29, 1.82) is 0 Å². The molecule has 2 aromatic rings. The van der Waals surface area contributed by atoms with Crippen LogP contribution in [0.3, 0.4) is 0 Å². The minimum absolute atomic E-state index is 0.273. The van der Waals surface area contributed by atoms with Crippen LogP contribution in [-0.2, 0) is 6.54 Å². The molecule has 1 amide bonds. The Morgan fingerprint density at radius 1 is 1.31 bits per heavy atom. The molecular weight excluding hydrogens is 356 g/mol. The van der Waals surface area contributed by atoms with Crippen LogP contribution in [0.1, 0.15) is 16.1 Å². The standard InChI is InChI=1S/C18H25ClN4O3/c1-22(2)11-12-5-6-17(26-12)23(3)8-7-21-18(24)13-9-14(19)15(20)10-16(13)25-4/h5-6,9-10H,7-8,11,20H2,1-4H3,(H,21,24). The van der Waals surface area contributed by atoms with Gasteiger partial charge in [0.15, 0.2) is 5.88 Å². The first kappa shape index (κ1) is 19.9. The Bertz CT molecular complexity index is 761. The van der Waals surface area contributed by atoms with Crippen LogP contribution in [0.15, 0.2) is 28.7 Å². The molecule has 0 saturated carbocycles. The smallest absolute Gasteiger partial charge is 0.255 e. The Morgan fingerprint density at radius 3 is 2.69 bits per heavy atom. The minimum Gasteiger partial charge on any atom is -0.496 e. The van der Waals surface area contributed by atoms with Crippen LogP contribution in [0.2, 0.25) is 5.02 Å². The molecule has 0 aliphatic rings. The number of nitrogens with two attached hydrogens (primary N) is 1. The zero-order chi connectivity index (χ0) is 19.3. The highest BCUT2D eigenvalue weighted by atomic mass is 35.5. The Kier molecular flexibility index (Phi) is 6.76. The van der Waals surface area contributed by atoms with Gasteiger partial charge < -0.3 is 30.0 Å². The van der Waals surface area contributed by atoms with E-state index in [-0.39, 0.29) is 5.91 Å². The molecular formula is C18H25ClN4O3. The van der Waals surface area contributed by atoms with Gasteiger partial charge >= 0.3 is 0 Å². The lowest BCUT2D eigenvalue weighted by Crippen LogP contribution is -2.33. The lowest BCUT2D eigenvalue weighted by Gasteiger charge is -2.17. The van der Waals surface area contributed by atoms with E-state index in [0.29, 0.717) is 35.1 Å². The van der Waals surface area contributed by atoms with Gasteiger partial charge in [-0.2, -0.15) is 0 Å². The van der Waals surface area contributed by atoms with Crippen molar-refractivity contribution >= 4 is 29.1 Å². The molecule has 1 heterocycles. The summed E-state index contributed by atoms with van der Waals surface area (Å²) in [4.78, 5) is 16.4. The molecule has 0 atom stereocenters. The molecule has 0 fully saturated rings. The van der Waals surface area contributed by atoms with Crippen molar-refractivity contribution in [1.82, 2.24) is 10.2 Å². The van der Waals surface area contributed by atoms with Gasteiger partial charge in [-0.1, -0.05) is 11.6 Å². The second-order valence-corrected chi connectivity index (χ2v) is 6.64. The van der Waals surface area contributed by atoms with E-state index in [0.717, 1.165) is 18.2 Å². The normalized spacial score (nSPS) is 10.8. The Balaban J connectivity index is 1.92. The summed E-state index contributed by atoms with van der Waals surface area (Å²) in [6, 6.07) is 6.92. The second kappa shape index (κ2) is 8.82. The van der Waals surface area contributed by atoms with Crippen LogP contribution >= 0.6 is 11.6 Å². The molecule has 0 unspecified atom stereocenters. The molecule has 0 spiro atoms. The molecule has 0 aliphatic heterocycles. The van der Waals surface area contributed by atoms with Crippen LogP contribution in [0.25, 0.3) is 0 Å². The summed E-state index contributed by atoms with van der Waals surface area (Å²) in [7, 11) is 7.36. The summed E-state index contributed by atoms with van der Waals surface area (Å²) < 4.78 is 11.0. The predicted octanol–water partition coefficient (Wildman–Crippen LogP) is 2.45. The topological polar surface area (TPSA) is 84.0 Å². The van der Waals surface area contributed by atoms with Gasteiger partial charge in [0, 0.05) is 32.3 Å². The average molecular weight is 381 g/mol. The molecule has 26 heavy (non-hydrogen) atoms.